The van der Waals surface area contributed by atoms with Crippen LogP contribution in [-0.4, -0.2) is 32.8 Å². The standard InChI is InChI=1S/C20H24N2O4S/c1-14(23)21-16-11-12-19(26-3)20(13-16)27(24,25)22(2)18-10-6-8-15-7-4-5-9-17(15)18/h4-5,7,9,11-13,18H,6,8,10H2,1-3H3,(H,21,23). The van der Waals surface area contributed by atoms with Crippen molar-refractivity contribution in [1.29, 1.82) is 0 Å². The van der Waals surface area contributed by atoms with E-state index in [0.29, 0.717) is 5.69 Å². The van der Waals surface area contributed by atoms with Gasteiger partial charge in [-0.2, -0.15) is 4.31 Å². The van der Waals surface area contributed by atoms with Crippen molar-refractivity contribution in [2.75, 3.05) is 19.5 Å². The number of aryl methyl sites for hydroxylation is 1. The number of nitrogens with zero attached hydrogens (tertiary/aromatic N) is 1. The third-order valence-electron chi connectivity index (χ3n) is 4.92. The maximum atomic E-state index is 13.4. The largest absolute Gasteiger partial charge is 0.495 e. The van der Waals surface area contributed by atoms with Crippen molar-refractivity contribution < 1.29 is 17.9 Å². The number of anilines is 1. The molecule has 1 atom stereocenters. The predicted molar refractivity (Wildman–Crippen MR) is 104 cm³/mol. The third-order valence-corrected chi connectivity index (χ3v) is 6.81. The van der Waals surface area contributed by atoms with Gasteiger partial charge >= 0.3 is 0 Å². The molecule has 1 amide bonds. The monoisotopic (exact) mass is 388 g/mol. The molecule has 2 aromatic carbocycles. The Balaban J connectivity index is 2.03. The number of hydrogen-bond acceptors (Lipinski definition) is 4. The molecule has 0 aliphatic heterocycles. The van der Waals surface area contributed by atoms with E-state index in [2.05, 4.69) is 11.4 Å². The quantitative estimate of drug-likeness (QED) is 0.852. The van der Waals surface area contributed by atoms with Gasteiger partial charge in [-0.25, -0.2) is 8.42 Å². The summed E-state index contributed by atoms with van der Waals surface area (Å²) in [6, 6.07) is 12.4. The molecule has 3 rings (SSSR count). The number of ether oxygens (including phenoxy) is 1. The smallest absolute Gasteiger partial charge is 0.247 e. The lowest BCUT2D eigenvalue weighted by Gasteiger charge is -2.32. The highest BCUT2D eigenvalue weighted by molar-refractivity contribution is 7.89. The Hall–Kier alpha value is -2.38. The summed E-state index contributed by atoms with van der Waals surface area (Å²) in [4.78, 5) is 11.4. The van der Waals surface area contributed by atoms with Gasteiger partial charge in [0.1, 0.15) is 10.6 Å². The zero-order valence-electron chi connectivity index (χ0n) is 15.7. The molecule has 2 aromatic rings. The van der Waals surface area contributed by atoms with Gasteiger partial charge in [-0.1, -0.05) is 24.3 Å². The fraction of sp³-hybridized carbons (Fsp3) is 0.350. The van der Waals surface area contributed by atoms with E-state index < -0.39 is 10.0 Å². The summed E-state index contributed by atoms with van der Waals surface area (Å²) in [6.45, 7) is 1.38. The first-order chi connectivity index (χ1) is 12.8. The fourth-order valence-corrected chi connectivity index (χ4v) is 5.13. The SMILES string of the molecule is COc1ccc(NC(C)=O)cc1S(=O)(=O)N(C)C1CCCc2ccccc21. The average Bonchev–Trinajstić information content (AvgIpc) is 2.66. The van der Waals surface area contributed by atoms with Gasteiger partial charge in [-0.15, -0.1) is 0 Å². The van der Waals surface area contributed by atoms with Crippen LogP contribution in [0.2, 0.25) is 0 Å². The van der Waals surface area contributed by atoms with Crippen LogP contribution < -0.4 is 10.1 Å². The summed E-state index contributed by atoms with van der Waals surface area (Å²) in [7, 11) is -0.789. The topological polar surface area (TPSA) is 75.7 Å². The second-order valence-corrected chi connectivity index (χ2v) is 8.64. The molecular formula is C20H24N2O4S. The van der Waals surface area contributed by atoms with Crippen LogP contribution in [0.3, 0.4) is 0 Å². The lowest BCUT2D eigenvalue weighted by molar-refractivity contribution is -0.114. The number of rotatable bonds is 5. The number of benzene rings is 2. The van der Waals surface area contributed by atoms with Crippen molar-refractivity contribution in [3.8, 4) is 5.75 Å². The van der Waals surface area contributed by atoms with Crippen molar-refractivity contribution in [3.05, 3.63) is 53.6 Å². The zero-order chi connectivity index (χ0) is 19.6. The number of hydrogen-bond donors (Lipinski definition) is 1. The van der Waals surface area contributed by atoms with E-state index in [-0.39, 0.29) is 22.6 Å². The van der Waals surface area contributed by atoms with Gasteiger partial charge in [0, 0.05) is 25.7 Å². The zero-order valence-corrected chi connectivity index (χ0v) is 16.5. The number of methoxy groups -OCH3 is 1. The van der Waals surface area contributed by atoms with Crippen molar-refractivity contribution in [2.24, 2.45) is 0 Å². The maximum Gasteiger partial charge on any atom is 0.247 e. The molecule has 0 saturated carbocycles. The highest BCUT2D eigenvalue weighted by Gasteiger charge is 2.33. The molecule has 0 bridgehead atoms. The Bertz CT molecular complexity index is 956. The summed E-state index contributed by atoms with van der Waals surface area (Å²) in [5.41, 5.74) is 2.65. The Morgan fingerprint density at radius 2 is 1.96 bits per heavy atom. The summed E-state index contributed by atoms with van der Waals surface area (Å²) in [5.74, 6) is -0.0156. The van der Waals surface area contributed by atoms with E-state index in [1.807, 2.05) is 18.2 Å². The van der Waals surface area contributed by atoms with Gasteiger partial charge in [-0.05, 0) is 48.6 Å². The lowest BCUT2D eigenvalue weighted by Crippen LogP contribution is -2.33. The third kappa shape index (κ3) is 3.84. The molecule has 27 heavy (non-hydrogen) atoms. The van der Waals surface area contributed by atoms with Crippen LogP contribution in [-0.2, 0) is 21.2 Å². The van der Waals surface area contributed by atoms with Gasteiger partial charge in [0.2, 0.25) is 15.9 Å². The van der Waals surface area contributed by atoms with Crippen molar-refractivity contribution >= 4 is 21.6 Å². The van der Waals surface area contributed by atoms with Crippen molar-refractivity contribution in [2.45, 2.75) is 37.1 Å². The summed E-state index contributed by atoms with van der Waals surface area (Å²) in [5, 5.41) is 2.63. The molecule has 1 aliphatic carbocycles. The molecule has 0 radical (unpaired) electrons. The highest BCUT2D eigenvalue weighted by Crippen LogP contribution is 2.38. The molecule has 1 unspecified atom stereocenters. The molecule has 1 N–H and O–H groups in total. The van der Waals surface area contributed by atoms with Crippen LogP contribution in [0.1, 0.15) is 36.9 Å². The van der Waals surface area contributed by atoms with Crippen LogP contribution >= 0.6 is 0 Å². The molecule has 0 saturated heterocycles. The maximum absolute atomic E-state index is 13.4. The molecule has 0 aromatic heterocycles. The number of carbonyl (C=O) groups is 1. The summed E-state index contributed by atoms with van der Waals surface area (Å²) < 4.78 is 33.5. The average molecular weight is 388 g/mol. The van der Waals surface area contributed by atoms with Gasteiger partial charge in [0.15, 0.2) is 0 Å². The Morgan fingerprint density at radius 1 is 1.22 bits per heavy atom. The molecular weight excluding hydrogens is 364 g/mol. The number of carbonyl (C=O) groups excluding carboxylic acids is 1. The van der Waals surface area contributed by atoms with Crippen LogP contribution in [0.25, 0.3) is 0 Å². The van der Waals surface area contributed by atoms with Crippen molar-refractivity contribution in [3.63, 3.8) is 0 Å². The Labute approximate surface area is 160 Å². The van der Waals surface area contributed by atoms with E-state index in [0.717, 1.165) is 24.8 Å². The van der Waals surface area contributed by atoms with E-state index in [9.17, 15) is 13.2 Å². The molecule has 144 valence electrons. The first-order valence-corrected chi connectivity index (χ1v) is 10.3. The van der Waals surface area contributed by atoms with Crippen LogP contribution in [0.15, 0.2) is 47.4 Å². The van der Waals surface area contributed by atoms with E-state index in [1.54, 1.807) is 19.2 Å². The summed E-state index contributed by atoms with van der Waals surface area (Å²) in [6.07, 6.45) is 2.66. The normalized spacial score (nSPS) is 16.7. The molecule has 7 heteroatoms. The number of nitrogens with one attached hydrogen (secondary N) is 1. The second-order valence-electron chi connectivity index (χ2n) is 6.67. The van der Waals surface area contributed by atoms with Crippen molar-refractivity contribution in [1.82, 2.24) is 4.31 Å². The van der Waals surface area contributed by atoms with Crippen LogP contribution in [0, 0.1) is 0 Å². The second kappa shape index (κ2) is 7.70. The summed E-state index contributed by atoms with van der Waals surface area (Å²) >= 11 is 0. The van der Waals surface area contributed by atoms with E-state index in [1.165, 1.54) is 30.0 Å². The molecule has 0 spiro atoms. The van der Waals surface area contributed by atoms with E-state index in [4.69, 9.17) is 4.74 Å². The first kappa shape index (κ1) is 19.4. The van der Waals surface area contributed by atoms with Gasteiger partial charge < -0.3 is 10.1 Å². The number of sulfonamides is 1. The first-order valence-electron chi connectivity index (χ1n) is 8.86. The van der Waals surface area contributed by atoms with Gasteiger partial charge in [0.25, 0.3) is 0 Å². The minimum atomic E-state index is -3.83. The Morgan fingerprint density at radius 3 is 2.67 bits per heavy atom. The minimum absolute atomic E-state index is 0.0433. The highest BCUT2D eigenvalue weighted by atomic mass is 32.2. The molecule has 0 heterocycles. The number of fused-ring (bicyclic) bond motifs is 1. The fourth-order valence-electron chi connectivity index (χ4n) is 3.59. The van der Waals surface area contributed by atoms with Crippen LogP contribution in [0.4, 0.5) is 5.69 Å². The van der Waals surface area contributed by atoms with E-state index >= 15 is 0 Å². The molecule has 6 nitrogen and oxygen atoms in total. The molecule has 0 fully saturated rings. The van der Waals surface area contributed by atoms with Crippen LogP contribution in [0.5, 0.6) is 5.75 Å². The van der Waals surface area contributed by atoms with Gasteiger partial charge in [0.05, 0.1) is 7.11 Å². The minimum Gasteiger partial charge on any atom is -0.495 e. The number of amides is 1. The predicted octanol–water partition coefficient (Wildman–Crippen LogP) is 3.35. The van der Waals surface area contributed by atoms with Gasteiger partial charge in [-0.3, -0.25) is 4.79 Å². The lowest BCUT2D eigenvalue weighted by atomic mass is 9.88. The Kier molecular flexibility index (Phi) is 5.53. The molecule has 1 aliphatic rings.